The number of ketones is 1. The summed E-state index contributed by atoms with van der Waals surface area (Å²) < 4.78 is 36.6. The fraction of sp³-hybridized carbons (Fsp3) is 0.312. The van der Waals surface area contributed by atoms with Gasteiger partial charge in [0.1, 0.15) is 6.04 Å². The Morgan fingerprint density at radius 1 is 1.29 bits per heavy atom. The number of nitrogens with zero attached hydrogens (tertiary/aromatic N) is 2. The van der Waals surface area contributed by atoms with Crippen molar-refractivity contribution >= 4 is 17.4 Å². The Bertz CT molecular complexity index is 690. The zero-order valence-corrected chi connectivity index (χ0v) is 12.5. The van der Waals surface area contributed by atoms with Crippen molar-refractivity contribution in [2.75, 3.05) is 11.9 Å². The van der Waals surface area contributed by atoms with E-state index in [9.17, 15) is 22.8 Å². The van der Waals surface area contributed by atoms with Gasteiger partial charge in [0, 0.05) is 24.5 Å². The maximum Gasteiger partial charge on any atom is 0.454 e. The van der Waals surface area contributed by atoms with Crippen molar-refractivity contribution in [2.24, 2.45) is 0 Å². The lowest BCUT2D eigenvalue weighted by Gasteiger charge is -2.22. The minimum Gasteiger partial charge on any atom is -0.365 e. The summed E-state index contributed by atoms with van der Waals surface area (Å²) >= 11 is 0. The van der Waals surface area contributed by atoms with E-state index in [0.29, 0.717) is 36.7 Å². The van der Waals surface area contributed by atoms with Crippen LogP contribution in [0.2, 0.25) is 0 Å². The molecule has 24 heavy (non-hydrogen) atoms. The summed E-state index contributed by atoms with van der Waals surface area (Å²) in [6, 6.07) is 7.54. The molecule has 0 aliphatic carbocycles. The second kappa shape index (κ2) is 7.17. The molecule has 1 saturated heterocycles. The molecule has 0 saturated carbocycles. The van der Waals surface area contributed by atoms with Crippen molar-refractivity contribution in [3.05, 3.63) is 42.1 Å². The average Bonchev–Trinajstić information content (AvgIpc) is 3.01. The van der Waals surface area contributed by atoms with Crippen LogP contribution in [0, 0.1) is 11.3 Å². The predicted octanol–water partition coefficient (Wildman–Crippen LogP) is 2.61. The van der Waals surface area contributed by atoms with Gasteiger partial charge < -0.3 is 10.2 Å². The van der Waals surface area contributed by atoms with Crippen LogP contribution in [0.1, 0.15) is 18.4 Å². The lowest BCUT2D eigenvalue weighted by atomic mass is 10.2. The molecular weight excluding hydrogens is 323 g/mol. The third-order valence-electron chi connectivity index (χ3n) is 3.58. The summed E-state index contributed by atoms with van der Waals surface area (Å²) in [5.41, 5.74) is 0.935. The van der Waals surface area contributed by atoms with Crippen molar-refractivity contribution < 1.29 is 22.8 Å². The lowest BCUT2D eigenvalue weighted by Crippen LogP contribution is -2.36. The Morgan fingerprint density at radius 3 is 2.54 bits per heavy atom. The highest BCUT2D eigenvalue weighted by Crippen LogP contribution is 2.21. The number of nitriles is 1. The van der Waals surface area contributed by atoms with Crippen LogP contribution in [-0.2, 0) is 9.59 Å². The molecule has 0 radical (unpaired) electrons. The van der Waals surface area contributed by atoms with E-state index in [-0.39, 0.29) is 5.91 Å². The molecule has 0 aromatic heterocycles. The largest absolute Gasteiger partial charge is 0.454 e. The van der Waals surface area contributed by atoms with Gasteiger partial charge in [0.05, 0.1) is 11.6 Å². The van der Waals surface area contributed by atoms with E-state index in [2.05, 4.69) is 5.32 Å². The SMILES string of the molecule is N#Cc1ccc(NC(=O)C2CCCN2/C=C/C(=O)C(F)(F)F)cc1. The van der Waals surface area contributed by atoms with E-state index in [1.54, 1.807) is 24.3 Å². The molecular formula is C16H14F3N3O2. The number of amides is 1. The van der Waals surface area contributed by atoms with Gasteiger partial charge in [-0.2, -0.15) is 18.4 Å². The molecule has 1 fully saturated rings. The Balaban J connectivity index is 2.01. The molecule has 0 spiro atoms. The van der Waals surface area contributed by atoms with Crippen LogP contribution in [0.25, 0.3) is 0 Å². The average molecular weight is 337 g/mol. The van der Waals surface area contributed by atoms with E-state index in [0.717, 1.165) is 6.20 Å². The van der Waals surface area contributed by atoms with Gasteiger partial charge in [-0.15, -0.1) is 0 Å². The number of allylic oxidation sites excluding steroid dienone is 1. The number of hydrogen-bond donors (Lipinski definition) is 1. The highest BCUT2D eigenvalue weighted by Gasteiger charge is 2.37. The molecule has 1 aliphatic rings. The van der Waals surface area contributed by atoms with Gasteiger partial charge in [-0.05, 0) is 37.1 Å². The van der Waals surface area contributed by atoms with Gasteiger partial charge in [0.25, 0.3) is 5.78 Å². The van der Waals surface area contributed by atoms with Gasteiger partial charge in [0.2, 0.25) is 5.91 Å². The maximum atomic E-state index is 12.3. The number of alkyl halides is 3. The summed E-state index contributed by atoms with van der Waals surface area (Å²) in [5, 5.41) is 11.4. The molecule has 1 aromatic rings. The molecule has 0 bridgehead atoms. The molecule has 1 amide bonds. The Labute approximate surface area is 136 Å². The molecule has 1 unspecified atom stereocenters. The Hall–Kier alpha value is -2.82. The summed E-state index contributed by atoms with van der Waals surface area (Å²) in [7, 11) is 0. The van der Waals surface area contributed by atoms with E-state index >= 15 is 0 Å². The number of likely N-dealkylation sites (tertiary alicyclic amines) is 1. The summed E-state index contributed by atoms with van der Waals surface area (Å²) in [4.78, 5) is 24.6. The zero-order valence-electron chi connectivity index (χ0n) is 12.5. The highest BCUT2D eigenvalue weighted by molar-refractivity contribution is 5.96. The van der Waals surface area contributed by atoms with Crippen molar-refractivity contribution in [1.29, 1.82) is 5.26 Å². The Morgan fingerprint density at radius 2 is 1.96 bits per heavy atom. The number of rotatable bonds is 4. The Kier molecular flexibility index (Phi) is 5.24. The first-order valence-electron chi connectivity index (χ1n) is 7.17. The normalized spacial score (nSPS) is 17.8. The first-order valence-corrected chi connectivity index (χ1v) is 7.17. The summed E-state index contributed by atoms with van der Waals surface area (Å²) in [6.45, 7) is 0.396. The number of benzene rings is 1. The molecule has 1 heterocycles. The first kappa shape index (κ1) is 17.5. The monoisotopic (exact) mass is 337 g/mol. The van der Waals surface area contributed by atoms with Gasteiger partial charge >= 0.3 is 6.18 Å². The van der Waals surface area contributed by atoms with Gasteiger partial charge in [-0.3, -0.25) is 9.59 Å². The van der Waals surface area contributed by atoms with Crippen LogP contribution in [0.3, 0.4) is 0 Å². The number of halogens is 3. The van der Waals surface area contributed by atoms with Gasteiger partial charge in [-0.25, -0.2) is 0 Å². The molecule has 1 N–H and O–H groups in total. The fourth-order valence-corrected chi connectivity index (χ4v) is 2.36. The minimum absolute atomic E-state index is 0.374. The van der Waals surface area contributed by atoms with Crippen LogP contribution >= 0.6 is 0 Å². The second-order valence-corrected chi connectivity index (χ2v) is 5.25. The molecule has 5 nitrogen and oxygen atoms in total. The molecule has 1 atom stereocenters. The minimum atomic E-state index is -4.92. The van der Waals surface area contributed by atoms with Crippen molar-refractivity contribution in [3.8, 4) is 6.07 Å². The predicted molar refractivity (Wildman–Crippen MR) is 79.7 cm³/mol. The van der Waals surface area contributed by atoms with Crippen LogP contribution in [0.5, 0.6) is 0 Å². The van der Waals surface area contributed by atoms with Crippen LogP contribution in [0.4, 0.5) is 18.9 Å². The topological polar surface area (TPSA) is 73.2 Å². The third-order valence-corrected chi connectivity index (χ3v) is 3.58. The zero-order chi connectivity index (χ0) is 17.7. The van der Waals surface area contributed by atoms with E-state index < -0.39 is 18.0 Å². The van der Waals surface area contributed by atoms with Crippen molar-refractivity contribution in [2.45, 2.75) is 25.1 Å². The number of hydrogen-bond acceptors (Lipinski definition) is 4. The number of nitrogens with one attached hydrogen (secondary N) is 1. The smallest absolute Gasteiger partial charge is 0.365 e. The van der Waals surface area contributed by atoms with Crippen LogP contribution in [-0.4, -0.2) is 35.4 Å². The number of carbonyl (C=O) groups excluding carboxylic acids is 2. The summed E-state index contributed by atoms with van der Waals surface area (Å²) in [6.07, 6.45) is -2.35. The first-order chi connectivity index (χ1) is 11.3. The van der Waals surface area contributed by atoms with Crippen LogP contribution < -0.4 is 5.32 Å². The number of anilines is 1. The van der Waals surface area contributed by atoms with Crippen LogP contribution in [0.15, 0.2) is 36.5 Å². The van der Waals surface area contributed by atoms with Gasteiger partial charge in [-0.1, -0.05) is 0 Å². The maximum absolute atomic E-state index is 12.3. The molecule has 1 aliphatic heterocycles. The van der Waals surface area contributed by atoms with Crippen molar-refractivity contribution in [3.63, 3.8) is 0 Å². The quantitative estimate of drug-likeness (QED) is 0.857. The standard InChI is InChI=1S/C16H14F3N3O2/c17-16(18,19)14(23)7-9-22-8-1-2-13(22)15(24)21-12-5-3-11(10-20)4-6-12/h3-7,9,13H,1-2,8H2,(H,21,24)/b9-7+. The molecule has 126 valence electrons. The highest BCUT2D eigenvalue weighted by atomic mass is 19.4. The third kappa shape index (κ3) is 4.35. The summed E-state index contributed by atoms with van der Waals surface area (Å²) in [5.74, 6) is -2.33. The lowest BCUT2D eigenvalue weighted by molar-refractivity contribution is -0.165. The molecule has 8 heteroatoms. The fourth-order valence-electron chi connectivity index (χ4n) is 2.36. The van der Waals surface area contributed by atoms with E-state index in [1.807, 2.05) is 6.07 Å². The molecule has 1 aromatic carbocycles. The second-order valence-electron chi connectivity index (χ2n) is 5.25. The molecule has 2 rings (SSSR count). The van der Waals surface area contributed by atoms with E-state index in [4.69, 9.17) is 5.26 Å². The number of carbonyl (C=O) groups is 2. The van der Waals surface area contributed by atoms with Crippen molar-refractivity contribution in [1.82, 2.24) is 4.90 Å². The van der Waals surface area contributed by atoms with Gasteiger partial charge in [0.15, 0.2) is 0 Å². The van der Waals surface area contributed by atoms with E-state index in [1.165, 1.54) is 4.90 Å².